The van der Waals surface area contributed by atoms with Gasteiger partial charge in [0.2, 0.25) is 11.6 Å². The number of halogens is 1. The Kier molecular flexibility index (Phi) is 4.96. The quantitative estimate of drug-likeness (QED) is 0.689. The number of hydrogen-bond acceptors (Lipinski definition) is 4. The lowest BCUT2D eigenvalue weighted by atomic mass is 9.98. The SMILES string of the molecule is Cl.[C-]#[N+]c1ccc(Cn2c(N3C[C@H]4CC[C@H](N)[C@H]4C3)nc3ccccc32)nc1. The molecule has 0 unspecified atom stereocenters. The predicted octanol–water partition coefficient (Wildman–Crippen LogP) is 3.63. The topological polar surface area (TPSA) is 64.3 Å². The van der Waals surface area contributed by atoms with Crippen molar-refractivity contribution >= 4 is 35.1 Å². The molecular weight excluding hydrogens is 372 g/mol. The Morgan fingerprint density at radius 3 is 2.75 bits per heavy atom. The van der Waals surface area contributed by atoms with Gasteiger partial charge in [0.15, 0.2) is 0 Å². The molecule has 2 aromatic heterocycles. The molecule has 0 amide bonds. The normalized spacial score (nSPS) is 23.4. The van der Waals surface area contributed by atoms with Crippen molar-refractivity contribution in [2.24, 2.45) is 17.6 Å². The number of hydrogen-bond donors (Lipinski definition) is 1. The fourth-order valence-corrected chi connectivity index (χ4v) is 4.67. The second kappa shape index (κ2) is 7.42. The molecule has 1 aromatic carbocycles. The summed E-state index contributed by atoms with van der Waals surface area (Å²) < 4.78 is 2.25. The third-order valence-electron chi connectivity index (χ3n) is 6.09. The molecule has 2 fully saturated rings. The van der Waals surface area contributed by atoms with Crippen LogP contribution in [-0.4, -0.2) is 33.7 Å². The average molecular weight is 395 g/mol. The summed E-state index contributed by atoms with van der Waals surface area (Å²) >= 11 is 0. The smallest absolute Gasteiger partial charge is 0.206 e. The van der Waals surface area contributed by atoms with Gasteiger partial charge >= 0.3 is 0 Å². The van der Waals surface area contributed by atoms with Crippen molar-refractivity contribution in [3.8, 4) is 0 Å². The predicted molar refractivity (Wildman–Crippen MR) is 113 cm³/mol. The van der Waals surface area contributed by atoms with Crippen LogP contribution in [-0.2, 0) is 6.54 Å². The zero-order chi connectivity index (χ0) is 18.4. The van der Waals surface area contributed by atoms with Gasteiger partial charge in [-0.25, -0.2) is 9.83 Å². The van der Waals surface area contributed by atoms with Crippen LogP contribution in [0.3, 0.4) is 0 Å². The van der Waals surface area contributed by atoms with Gasteiger partial charge < -0.3 is 15.2 Å². The van der Waals surface area contributed by atoms with Crippen LogP contribution in [0.4, 0.5) is 11.6 Å². The Morgan fingerprint density at radius 2 is 2.00 bits per heavy atom. The van der Waals surface area contributed by atoms with Gasteiger partial charge in [0.1, 0.15) is 0 Å². The van der Waals surface area contributed by atoms with Gasteiger partial charge in [-0.15, -0.1) is 12.4 Å². The van der Waals surface area contributed by atoms with E-state index in [4.69, 9.17) is 17.3 Å². The number of nitrogens with two attached hydrogens (primary N) is 1. The number of anilines is 1. The van der Waals surface area contributed by atoms with Crippen molar-refractivity contribution in [2.75, 3.05) is 18.0 Å². The molecule has 0 radical (unpaired) electrons. The Labute approximate surface area is 170 Å². The van der Waals surface area contributed by atoms with Gasteiger partial charge in [-0.3, -0.25) is 4.98 Å². The van der Waals surface area contributed by atoms with E-state index in [1.165, 1.54) is 6.42 Å². The first-order valence-corrected chi connectivity index (χ1v) is 9.51. The van der Waals surface area contributed by atoms with Crippen LogP contribution in [0.5, 0.6) is 0 Å². The molecule has 0 bridgehead atoms. The third-order valence-corrected chi connectivity index (χ3v) is 6.09. The van der Waals surface area contributed by atoms with Crippen LogP contribution in [0.2, 0.25) is 0 Å². The number of benzene rings is 1. The molecule has 5 rings (SSSR count). The first-order valence-electron chi connectivity index (χ1n) is 9.51. The van der Waals surface area contributed by atoms with Crippen molar-refractivity contribution in [3.05, 3.63) is 59.7 Å². The number of nitrogens with zero attached hydrogens (tertiary/aromatic N) is 5. The van der Waals surface area contributed by atoms with Gasteiger partial charge in [-0.2, -0.15) is 0 Å². The maximum atomic E-state index is 7.10. The van der Waals surface area contributed by atoms with Gasteiger partial charge in [0.25, 0.3) is 0 Å². The van der Waals surface area contributed by atoms with Crippen molar-refractivity contribution < 1.29 is 0 Å². The minimum atomic E-state index is 0. The fraction of sp³-hybridized carbons (Fsp3) is 0.381. The second-order valence-electron chi connectivity index (χ2n) is 7.68. The van der Waals surface area contributed by atoms with Crippen molar-refractivity contribution in [1.82, 2.24) is 14.5 Å². The number of pyridine rings is 1. The number of fused-ring (bicyclic) bond motifs is 2. The Hall–Kier alpha value is -2.62. The summed E-state index contributed by atoms with van der Waals surface area (Å²) in [6.07, 6.45) is 4.01. The summed E-state index contributed by atoms with van der Waals surface area (Å²) in [5.41, 5.74) is 9.96. The van der Waals surface area contributed by atoms with E-state index >= 15 is 0 Å². The molecule has 7 heteroatoms. The third kappa shape index (κ3) is 3.11. The first-order chi connectivity index (χ1) is 13.2. The maximum absolute atomic E-state index is 7.10. The molecule has 1 aliphatic carbocycles. The lowest BCUT2D eigenvalue weighted by molar-refractivity contribution is 0.453. The minimum Gasteiger partial charge on any atom is -0.342 e. The largest absolute Gasteiger partial charge is 0.342 e. The van der Waals surface area contributed by atoms with Crippen LogP contribution in [0.1, 0.15) is 18.5 Å². The number of rotatable bonds is 3. The number of imidazole rings is 1. The van der Waals surface area contributed by atoms with E-state index in [-0.39, 0.29) is 12.4 Å². The van der Waals surface area contributed by atoms with Crippen molar-refractivity contribution in [3.63, 3.8) is 0 Å². The van der Waals surface area contributed by atoms with E-state index < -0.39 is 0 Å². The highest BCUT2D eigenvalue weighted by Gasteiger charge is 2.42. The van der Waals surface area contributed by atoms with E-state index in [2.05, 4.69) is 37.5 Å². The van der Waals surface area contributed by atoms with Crippen molar-refractivity contribution in [2.45, 2.75) is 25.4 Å². The summed E-state index contributed by atoms with van der Waals surface area (Å²) in [5, 5.41) is 0. The van der Waals surface area contributed by atoms with E-state index in [0.717, 1.165) is 42.2 Å². The average Bonchev–Trinajstić information content (AvgIpc) is 3.37. The zero-order valence-electron chi connectivity index (χ0n) is 15.5. The van der Waals surface area contributed by atoms with E-state index in [9.17, 15) is 0 Å². The van der Waals surface area contributed by atoms with Crippen LogP contribution in [0.15, 0.2) is 42.6 Å². The van der Waals surface area contributed by atoms with Gasteiger partial charge in [0.05, 0.1) is 29.8 Å². The first kappa shape index (κ1) is 18.7. The lowest BCUT2D eigenvalue weighted by Crippen LogP contribution is -2.31. The lowest BCUT2D eigenvalue weighted by Gasteiger charge is -2.21. The Balaban J connectivity index is 0.00000192. The Morgan fingerprint density at radius 1 is 1.14 bits per heavy atom. The summed E-state index contributed by atoms with van der Waals surface area (Å²) in [6.45, 7) is 9.76. The highest BCUT2D eigenvalue weighted by molar-refractivity contribution is 5.85. The monoisotopic (exact) mass is 394 g/mol. The number of aromatic nitrogens is 3. The molecule has 2 aliphatic rings. The molecule has 6 nitrogen and oxygen atoms in total. The standard InChI is InChI=1S/C21H22N6.ClH/c1-23-15-7-8-16(24-10-15)12-27-20-5-3-2-4-19(20)25-21(27)26-11-14-6-9-18(22)17(14)13-26;/h2-5,7-8,10,14,17-18H,6,9,11-13,22H2;1H/t14-,17+,18+;/m1./s1. The van der Waals surface area contributed by atoms with Gasteiger partial charge in [-0.05, 0) is 42.9 Å². The molecule has 2 N–H and O–H groups in total. The molecule has 3 atom stereocenters. The van der Waals surface area contributed by atoms with Gasteiger partial charge in [0, 0.05) is 25.3 Å². The van der Waals surface area contributed by atoms with E-state index in [1.807, 2.05) is 18.2 Å². The molecule has 3 aromatic rings. The summed E-state index contributed by atoms with van der Waals surface area (Å²) in [4.78, 5) is 15.2. The zero-order valence-corrected chi connectivity index (χ0v) is 16.3. The fourth-order valence-electron chi connectivity index (χ4n) is 4.67. The van der Waals surface area contributed by atoms with E-state index in [0.29, 0.717) is 30.1 Å². The highest BCUT2D eigenvalue weighted by atomic mass is 35.5. The molecule has 1 saturated carbocycles. The molecule has 144 valence electrons. The molecule has 28 heavy (non-hydrogen) atoms. The van der Waals surface area contributed by atoms with Crippen molar-refractivity contribution in [1.29, 1.82) is 0 Å². The molecule has 1 aliphatic heterocycles. The molecule has 1 saturated heterocycles. The Bertz CT molecular complexity index is 1020. The van der Waals surface area contributed by atoms with E-state index in [1.54, 1.807) is 6.20 Å². The van der Waals surface area contributed by atoms with Crippen LogP contribution >= 0.6 is 12.4 Å². The van der Waals surface area contributed by atoms with Crippen LogP contribution in [0.25, 0.3) is 15.9 Å². The molecule has 0 spiro atoms. The maximum Gasteiger partial charge on any atom is 0.206 e. The summed E-state index contributed by atoms with van der Waals surface area (Å²) in [6, 6.07) is 12.3. The second-order valence-corrected chi connectivity index (χ2v) is 7.68. The minimum absolute atomic E-state index is 0. The summed E-state index contributed by atoms with van der Waals surface area (Å²) in [7, 11) is 0. The highest BCUT2D eigenvalue weighted by Crippen LogP contribution is 2.39. The van der Waals surface area contributed by atoms with Gasteiger partial charge in [-0.1, -0.05) is 18.2 Å². The molecular formula is C21H23ClN6. The number of para-hydroxylation sites is 2. The molecule has 3 heterocycles. The van der Waals surface area contributed by atoms with Crippen LogP contribution in [0, 0.1) is 18.4 Å². The van der Waals surface area contributed by atoms with Crippen LogP contribution < -0.4 is 10.6 Å². The summed E-state index contributed by atoms with van der Waals surface area (Å²) in [5.74, 6) is 2.27.